The molecule has 0 unspecified atom stereocenters. The van der Waals surface area contributed by atoms with Gasteiger partial charge in [0.05, 0.1) is 0 Å². The van der Waals surface area contributed by atoms with Gasteiger partial charge in [-0.3, -0.25) is 9.59 Å². The number of hydrogen-bond acceptors (Lipinski definition) is 4. The van der Waals surface area contributed by atoms with Crippen molar-refractivity contribution in [2.24, 2.45) is 0 Å². The first kappa shape index (κ1) is 83.6. The number of rotatable bonds is 75. The molecule has 0 saturated carbocycles. The van der Waals surface area contributed by atoms with E-state index >= 15 is 0 Å². The Morgan fingerprint density at radius 2 is 0.310 bits per heavy atom. The van der Waals surface area contributed by atoms with Crippen molar-refractivity contribution in [1.82, 2.24) is 9.80 Å². The predicted octanol–water partition coefficient (Wildman–Crippen LogP) is 27.9. The van der Waals surface area contributed by atoms with E-state index in [0.29, 0.717) is 24.7 Å². The molecule has 0 bridgehead atoms. The van der Waals surface area contributed by atoms with E-state index in [2.05, 4.69) is 37.5 Å². The highest BCUT2D eigenvalue weighted by atomic mass is 33.1. The Bertz CT molecular complexity index is 1070. The van der Waals surface area contributed by atoms with Crippen LogP contribution in [0.5, 0.6) is 0 Å². The first-order chi connectivity index (χ1) is 41.6. The van der Waals surface area contributed by atoms with Crippen LogP contribution in [0.1, 0.15) is 451 Å². The van der Waals surface area contributed by atoms with Crippen LogP contribution in [0.25, 0.3) is 0 Å². The van der Waals surface area contributed by atoms with Crippen LogP contribution in [0.3, 0.4) is 0 Å². The second-order valence-electron chi connectivity index (χ2n) is 27.1. The highest BCUT2D eigenvalue weighted by molar-refractivity contribution is 8.76. The van der Waals surface area contributed by atoms with Crippen molar-refractivity contribution >= 4 is 33.4 Å². The van der Waals surface area contributed by atoms with Crippen LogP contribution < -0.4 is 0 Å². The van der Waals surface area contributed by atoms with Gasteiger partial charge in [0.2, 0.25) is 11.8 Å². The van der Waals surface area contributed by atoms with E-state index in [4.69, 9.17) is 0 Å². The molecule has 0 aliphatic rings. The van der Waals surface area contributed by atoms with Gasteiger partial charge in [-0.25, -0.2) is 0 Å². The largest absolute Gasteiger partial charge is 0.343 e. The van der Waals surface area contributed by atoms with Gasteiger partial charge in [-0.1, -0.05) is 435 Å². The van der Waals surface area contributed by atoms with Crippen LogP contribution in [0.2, 0.25) is 0 Å². The summed E-state index contributed by atoms with van der Waals surface area (Å²) >= 11 is 0. The van der Waals surface area contributed by atoms with Crippen LogP contribution in [0.15, 0.2) is 0 Å². The quantitative estimate of drug-likeness (QED) is 0.0449. The molecule has 0 saturated heterocycles. The van der Waals surface area contributed by atoms with Gasteiger partial charge in [0, 0.05) is 50.5 Å². The second kappa shape index (κ2) is 75.1. The number of amides is 2. The van der Waals surface area contributed by atoms with Gasteiger partial charge in [0.1, 0.15) is 0 Å². The maximum atomic E-state index is 13.8. The fourth-order valence-corrected chi connectivity index (χ4v) is 14.8. The fraction of sp³-hybridized carbons (Fsp3) is 0.974. The number of carbonyl (C=O) groups is 2. The third kappa shape index (κ3) is 67.6. The minimum absolute atomic E-state index is 0.366. The molecule has 0 spiro atoms. The SMILES string of the molecule is CCCCCCCCCCCCCCCCCCN(CCCCCCCCCCCCCCCCCC)C(=O)CCSSCCC(=O)N(CCCCCCCCCCCCCCCCCC)CCCCCCCCCCCCCCCCCC. The minimum Gasteiger partial charge on any atom is -0.343 e. The first-order valence-electron chi connectivity index (χ1n) is 39.4. The summed E-state index contributed by atoms with van der Waals surface area (Å²) in [5, 5.41) is 0. The van der Waals surface area contributed by atoms with Crippen molar-refractivity contribution in [2.75, 3.05) is 37.7 Å². The van der Waals surface area contributed by atoms with Crippen molar-refractivity contribution in [3.8, 4) is 0 Å². The normalized spacial score (nSPS) is 11.6. The predicted molar refractivity (Wildman–Crippen MR) is 385 cm³/mol. The van der Waals surface area contributed by atoms with E-state index in [9.17, 15) is 9.59 Å². The van der Waals surface area contributed by atoms with Crippen molar-refractivity contribution < 1.29 is 9.59 Å². The van der Waals surface area contributed by atoms with Gasteiger partial charge in [-0.05, 0) is 25.7 Å². The molecule has 4 nitrogen and oxygen atoms in total. The molecule has 6 heteroatoms. The van der Waals surface area contributed by atoms with E-state index < -0.39 is 0 Å². The average Bonchev–Trinajstić information content (AvgIpc) is 3.51. The minimum atomic E-state index is 0.366. The maximum absolute atomic E-state index is 13.8. The Balaban J connectivity index is 4.79. The molecule has 0 fully saturated rings. The summed E-state index contributed by atoms with van der Waals surface area (Å²) in [5.74, 6) is 2.44. The Kier molecular flexibility index (Phi) is 74.8. The maximum Gasteiger partial charge on any atom is 0.223 e. The van der Waals surface area contributed by atoms with Gasteiger partial charge < -0.3 is 9.80 Å². The molecule has 0 aromatic heterocycles. The Morgan fingerprint density at radius 1 is 0.190 bits per heavy atom. The topological polar surface area (TPSA) is 40.6 Å². The zero-order chi connectivity index (χ0) is 60.6. The van der Waals surface area contributed by atoms with Gasteiger partial charge in [0.25, 0.3) is 0 Å². The van der Waals surface area contributed by atoms with Crippen molar-refractivity contribution in [1.29, 1.82) is 0 Å². The van der Waals surface area contributed by atoms with E-state index in [-0.39, 0.29) is 0 Å². The zero-order valence-corrected chi connectivity index (χ0v) is 60.1. The fourth-order valence-electron chi connectivity index (χ4n) is 12.8. The Hall–Kier alpha value is -0.360. The lowest BCUT2D eigenvalue weighted by Crippen LogP contribution is -2.33. The highest BCUT2D eigenvalue weighted by Crippen LogP contribution is 2.25. The lowest BCUT2D eigenvalue weighted by molar-refractivity contribution is -0.131. The number of hydrogen-bond donors (Lipinski definition) is 0. The molecular formula is C78H156N2O2S2. The van der Waals surface area contributed by atoms with E-state index in [1.165, 1.54) is 385 Å². The Morgan fingerprint density at radius 3 is 0.440 bits per heavy atom. The summed E-state index contributed by atoms with van der Waals surface area (Å²) in [5.41, 5.74) is 0. The molecular weight excluding hydrogens is 1060 g/mol. The third-order valence-corrected chi connectivity index (χ3v) is 21.1. The third-order valence-electron chi connectivity index (χ3n) is 18.7. The second-order valence-corrected chi connectivity index (χ2v) is 29.8. The van der Waals surface area contributed by atoms with Crippen LogP contribution in [-0.4, -0.2) is 59.3 Å². The summed E-state index contributed by atoms with van der Waals surface area (Å²) in [7, 11) is 3.66. The number of unbranched alkanes of at least 4 members (excludes halogenated alkanes) is 60. The molecule has 2 amide bonds. The number of nitrogens with zero attached hydrogens (tertiary/aromatic N) is 2. The van der Waals surface area contributed by atoms with Crippen LogP contribution >= 0.6 is 21.6 Å². The monoisotopic (exact) mass is 1220 g/mol. The molecule has 84 heavy (non-hydrogen) atoms. The average molecular weight is 1220 g/mol. The lowest BCUT2D eigenvalue weighted by Gasteiger charge is -2.23. The van der Waals surface area contributed by atoms with Gasteiger partial charge in [0.15, 0.2) is 0 Å². The molecule has 0 N–H and O–H groups in total. The van der Waals surface area contributed by atoms with Crippen LogP contribution in [0, 0.1) is 0 Å². The smallest absolute Gasteiger partial charge is 0.223 e. The van der Waals surface area contributed by atoms with E-state index in [0.717, 1.165) is 63.4 Å². The van der Waals surface area contributed by atoms with Crippen molar-refractivity contribution in [3.05, 3.63) is 0 Å². The van der Waals surface area contributed by atoms with E-state index in [1.54, 1.807) is 0 Å². The highest BCUT2D eigenvalue weighted by Gasteiger charge is 2.16. The van der Waals surface area contributed by atoms with Crippen LogP contribution in [0.4, 0.5) is 0 Å². The molecule has 0 radical (unpaired) electrons. The van der Waals surface area contributed by atoms with Gasteiger partial charge in [-0.2, -0.15) is 0 Å². The van der Waals surface area contributed by atoms with Gasteiger partial charge >= 0.3 is 0 Å². The molecule has 502 valence electrons. The Labute approximate surface area is 538 Å². The van der Waals surface area contributed by atoms with Gasteiger partial charge in [-0.15, -0.1) is 0 Å². The summed E-state index contributed by atoms with van der Waals surface area (Å²) in [6, 6.07) is 0. The molecule has 0 aromatic carbocycles. The molecule has 0 heterocycles. The summed E-state index contributed by atoms with van der Waals surface area (Å²) in [6.07, 6.45) is 89.8. The van der Waals surface area contributed by atoms with Crippen molar-refractivity contribution in [2.45, 2.75) is 451 Å². The summed E-state index contributed by atoms with van der Waals surface area (Å²) < 4.78 is 0. The summed E-state index contributed by atoms with van der Waals surface area (Å²) in [6.45, 7) is 13.0. The summed E-state index contributed by atoms with van der Waals surface area (Å²) in [4.78, 5) is 32.0. The molecule has 0 aromatic rings. The lowest BCUT2D eigenvalue weighted by atomic mass is 10.0. The van der Waals surface area contributed by atoms with Crippen molar-refractivity contribution in [3.63, 3.8) is 0 Å². The van der Waals surface area contributed by atoms with E-state index in [1.807, 2.05) is 21.6 Å². The molecule has 0 aliphatic carbocycles. The molecule has 0 atom stereocenters. The number of carbonyl (C=O) groups excluding carboxylic acids is 2. The molecule has 0 aliphatic heterocycles. The first-order valence-corrected chi connectivity index (χ1v) is 41.9. The molecule has 0 rings (SSSR count). The zero-order valence-electron chi connectivity index (χ0n) is 58.4. The van der Waals surface area contributed by atoms with Crippen LogP contribution in [-0.2, 0) is 9.59 Å². The standard InChI is InChI=1S/C78H156N2O2S2/c1-5-9-13-17-21-25-29-33-37-41-45-49-53-57-61-65-71-79(72-66-62-58-54-50-46-42-38-34-30-26-22-18-14-10-6-2)77(81)69-75-83-84-76-70-78(82)80(73-67-63-59-55-51-47-43-39-35-31-27-23-19-15-11-7-3)74-68-64-60-56-52-48-44-40-36-32-28-24-20-16-12-8-4/h5-76H2,1-4H3.